The zero-order chi connectivity index (χ0) is 14.3. The predicted molar refractivity (Wildman–Crippen MR) is 77.0 cm³/mol. The number of hydrogen-bond acceptors (Lipinski definition) is 4. The maximum absolute atomic E-state index is 12.0. The van der Waals surface area contributed by atoms with Gasteiger partial charge < -0.3 is 4.79 Å². The third-order valence-corrected chi connectivity index (χ3v) is 4.55. The lowest BCUT2D eigenvalue weighted by Gasteiger charge is -2.14. The largest absolute Gasteiger partial charge is 0.300 e. The summed E-state index contributed by atoms with van der Waals surface area (Å²) in [7, 11) is 0. The van der Waals surface area contributed by atoms with Crippen LogP contribution in [0, 0.1) is 0 Å². The monoisotopic (exact) mass is 285 g/mol. The summed E-state index contributed by atoms with van der Waals surface area (Å²) in [4.78, 5) is 36.0. The van der Waals surface area contributed by atoms with Gasteiger partial charge in [0, 0.05) is 19.4 Å². The van der Waals surface area contributed by atoms with Crippen LogP contribution in [0.15, 0.2) is 0 Å². The first-order chi connectivity index (χ1) is 9.06. The molecule has 108 valence electrons. The minimum Gasteiger partial charge on any atom is -0.300 e. The Labute approximate surface area is 119 Å². The number of unbranched alkanes of at least 4 members (excludes halogenated alkanes) is 2. The second-order valence-electron chi connectivity index (χ2n) is 4.96. The van der Waals surface area contributed by atoms with Gasteiger partial charge in [-0.25, -0.2) is 0 Å². The second kappa shape index (κ2) is 8.35. The fourth-order valence-electron chi connectivity index (χ4n) is 2.10. The standard InChI is InChI=1S/C14H23NO3S/c1-3-9-19-12-10-13(17)15(14(12)18)8-6-4-5-7-11(2)16/h12H,3-10H2,1-2H3. The molecule has 0 aliphatic carbocycles. The van der Waals surface area contributed by atoms with Crippen molar-refractivity contribution in [1.82, 2.24) is 4.90 Å². The average Bonchev–Trinajstić information content (AvgIpc) is 2.62. The van der Waals surface area contributed by atoms with E-state index in [1.54, 1.807) is 18.7 Å². The number of thioether (sulfide) groups is 1. The molecule has 1 heterocycles. The van der Waals surface area contributed by atoms with Crippen LogP contribution < -0.4 is 0 Å². The molecule has 1 aliphatic heterocycles. The highest BCUT2D eigenvalue weighted by Gasteiger charge is 2.37. The number of carbonyl (C=O) groups excluding carboxylic acids is 3. The summed E-state index contributed by atoms with van der Waals surface area (Å²) in [6, 6.07) is 0. The number of ketones is 1. The minimum absolute atomic E-state index is 0.0185. The van der Waals surface area contributed by atoms with Crippen LogP contribution in [0.2, 0.25) is 0 Å². The second-order valence-corrected chi connectivity index (χ2v) is 6.27. The van der Waals surface area contributed by atoms with E-state index in [2.05, 4.69) is 6.92 Å². The molecule has 1 fully saturated rings. The van der Waals surface area contributed by atoms with Gasteiger partial charge in [0.05, 0.1) is 5.25 Å². The number of carbonyl (C=O) groups is 3. The molecule has 19 heavy (non-hydrogen) atoms. The van der Waals surface area contributed by atoms with Crippen molar-refractivity contribution in [2.24, 2.45) is 0 Å². The summed E-state index contributed by atoms with van der Waals surface area (Å²) in [5.74, 6) is 1.07. The summed E-state index contributed by atoms with van der Waals surface area (Å²) in [6.45, 7) is 4.17. The molecule has 0 aromatic heterocycles. The quantitative estimate of drug-likeness (QED) is 0.482. The van der Waals surface area contributed by atoms with Gasteiger partial charge in [0.1, 0.15) is 5.78 Å². The van der Waals surface area contributed by atoms with Gasteiger partial charge in [-0.3, -0.25) is 14.5 Å². The van der Waals surface area contributed by atoms with Gasteiger partial charge in [-0.2, -0.15) is 0 Å². The topological polar surface area (TPSA) is 54.5 Å². The van der Waals surface area contributed by atoms with Gasteiger partial charge in [-0.05, 0) is 31.9 Å². The van der Waals surface area contributed by atoms with Crippen LogP contribution in [0.3, 0.4) is 0 Å². The van der Waals surface area contributed by atoms with E-state index >= 15 is 0 Å². The molecule has 5 heteroatoms. The molecule has 2 amide bonds. The van der Waals surface area contributed by atoms with Crippen molar-refractivity contribution in [3.05, 3.63) is 0 Å². The minimum atomic E-state index is -0.162. The van der Waals surface area contributed by atoms with Crippen LogP contribution >= 0.6 is 11.8 Å². The number of hydrogen-bond donors (Lipinski definition) is 0. The maximum atomic E-state index is 12.0. The van der Waals surface area contributed by atoms with Crippen LogP contribution in [0.5, 0.6) is 0 Å². The molecule has 1 saturated heterocycles. The summed E-state index contributed by atoms with van der Waals surface area (Å²) < 4.78 is 0. The molecule has 0 aromatic carbocycles. The van der Waals surface area contributed by atoms with E-state index < -0.39 is 0 Å². The van der Waals surface area contributed by atoms with E-state index in [0.29, 0.717) is 19.4 Å². The van der Waals surface area contributed by atoms with Crippen LogP contribution in [-0.4, -0.2) is 40.0 Å². The van der Waals surface area contributed by atoms with Crippen molar-refractivity contribution in [2.75, 3.05) is 12.3 Å². The highest BCUT2D eigenvalue weighted by molar-refractivity contribution is 8.00. The Kier molecular flexibility index (Phi) is 7.13. The molecule has 0 N–H and O–H groups in total. The lowest BCUT2D eigenvalue weighted by Crippen LogP contribution is -2.32. The molecule has 1 atom stereocenters. The van der Waals surface area contributed by atoms with Crippen molar-refractivity contribution in [2.45, 2.75) is 57.6 Å². The van der Waals surface area contributed by atoms with Crippen molar-refractivity contribution in [1.29, 1.82) is 0 Å². The Morgan fingerprint density at radius 2 is 2.05 bits per heavy atom. The molecule has 0 spiro atoms. The lowest BCUT2D eigenvalue weighted by molar-refractivity contribution is -0.138. The van der Waals surface area contributed by atoms with Gasteiger partial charge in [-0.1, -0.05) is 13.3 Å². The van der Waals surface area contributed by atoms with Gasteiger partial charge >= 0.3 is 0 Å². The fourth-order valence-corrected chi connectivity index (χ4v) is 3.15. The first-order valence-electron chi connectivity index (χ1n) is 7.01. The highest BCUT2D eigenvalue weighted by atomic mass is 32.2. The summed E-state index contributed by atoms with van der Waals surface area (Å²) >= 11 is 1.59. The van der Waals surface area contributed by atoms with Crippen molar-refractivity contribution in [3.63, 3.8) is 0 Å². The maximum Gasteiger partial charge on any atom is 0.242 e. The summed E-state index contributed by atoms with van der Waals surface area (Å²) in [5.41, 5.74) is 0. The Hall–Kier alpha value is -0.840. The van der Waals surface area contributed by atoms with Gasteiger partial charge in [0.25, 0.3) is 0 Å². The van der Waals surface area contributed by atoms with E-state index in [0.717, 1.165) is 31.4 Å². The third-order valence-electron chi connectivity index (χ3n) is 3.14. The third kappa shape index (κ3) is 5.35. The first-order valence-corrected chi connectivity index (χ1v) is 8.06. The van der Waals surface area contributed by atoms with Crippen molar-refractivity contribution in [3.8, 4) is 0 Å². The van der Waals surface area contributed by atoms with E-state index in [-0.39, 0.29) is 22.8 Å². The number of likely N-dealkylation sites (tertiary alicyclic amines) is 1. The smallest absolute Gasteiger partial charge is 0.242 e. The number of nitrogens with zero attached hydrogens (tertiary/aromatic N) is 1. The van der Waals surface area contributed by atoms with Crippen LogP contribution in [-0.2, 0) is 14.4 Å². The Morgan fingerprint density at radius 3 is 2.68 bits per heavy atom. The van der Waals surface area contributed by atoms with Gasteiger partial charge in [-0.15, -0.1) is 11.8 Å². The molecule has 4 nitrogen and oxygen atoms in total. The Balaban J connectivity index is 2.27. The summed E-state index contributed by atoms with van der Waals surface area (Å²) in [6.07, 6.45) is 4.51. The SMILES string of the molecule is CCCSC1CC(=O)N(CCCCCC(C)=O)C1=O. The fraction of sp³-hybridized carbons (Fsp3) is 0.786. The number of rotatable bonds is 9. The lowest BCUT2D eigenvalue weighted by atomic mass is 10.1. The molecule has 0 saturated carbocycles. The highest BCUT2D eigenvalue weighted by Crippen LogP contribution is 2.25. The van der Waals surface area contributed by atoms with Crippen LogP contribution in [0.1, 0.15) is 52.4 Å². The van der Waals surface area contributed by atoms with E-state index in [4.69, 9.17) is 0 Å². The molecule has 1 unspecified atom stereocenters. The molecule has 1 rings (SSSR count). The molecular weight excluding hydrogens is 262 g/mol. The zero-order valence-corrected chi connectivity index (χ0v) is 12.6. The van der Waals surface area contributed by atoms with E-state index in [9.17, 15) is 14.4 Å². The van der Waals surface area contributed by atoms with Crippen LogP contribution in [0.4, 0.5) is 0 Å². The van der Waals surface area contributed by atoms with Gasteiger partial charge in [0.15, 0.2) is 0 Å². The number of amides is 2. The summed E-state index contributed by atoms with van der Waals surface area (Å²) in [5, 5.41) is -0.162. The van der Waals surface area contributed by atoms with E-state index in [1.807, 2.05) is 0 Å². The van der Waals surface area contributed by atoms with Crippen molar-refractivity contribution >= 4 is 29.4 Å². The zero-order valence-electron chi connectivity index (χ0n) is 11.8. The molecule has 1 aliphatic rings. The average molecular weight is 285 g/mol. The van der Waals surface area contributed by atoms with Crippen LogP contribution in [0.25, 0.3) is 0 Å². The number of Topliss-reactive ketones (excluding diaryl/α,β-unsaturated/α-hetero) is 1. The van der Waals surface area contributed by atoms with Gasteiger partial charge in [0.2, 0.25) is 11.8 Å². The molecule has 0 bridgehead atoms. The van der Waals surface area contributed by atoms with Crippen molar-refractivity contribution < 1.29 is 14.4 Å². The molecule has 0 radical (unpaired) electrons. The Bertz CT molecular complexity index is 344. The molecule has 0 aromatic rings. The molecular formula is C14H23NO3S. The first kappa shape index (κ1) is 16.2. The Morgan fingerprint density at radius 1 is 1.32 bits per heavy atom. The number of imide groups is 1. The predicted octanol–water partition coefficient (Wildman–Crippen LogP) is 2.41. The normalized spacial score (nSPS) is 19.3. The van der Waals surface area contributed by atoms with E-state index in [1.165, 1.54) is 4.90 Å².